The van der Waals surface area contributed by atoms with E-state index in [1.165, 1.54) is 6.07 Å². The number of halogens is 3. The summed E-state index contributed by atoms with van der Waals surface area (Å²) in [7, 11) is 0. The first-order valence-corrected chi connectivity index (χ1v) is 7.62. The first kappa shape index (κ1) is 14.5. The molecule has 1 nitrogen and oxygen atoms in total. The Morgan fingerprint density at radius 2 is 1.71 bits per heavy atom. The van der Waals surface area contributed by atoms with Crippen molar-refractivity contribution in [2.45, 2.75) is 6.04 Å². The molecule has 2 N–H and O–H groups in total. The highest BCUT2D eigenvalue weighted by Crippen LogP contribution is 2.32. The summed E-state index contributed by atoms with van der Waals surface area (Å²) in [6.07, 6.45) is 0. The predicted octanol–water partition coefficient (Wildman–Crippen LogP) is 5.44. The van der Waals surface area contributed by atoms with E-state index in [-0.39, 0.29) is 11.9 Å². The van der Waals surface area contributed by atoms with Gasteiger partial charge in [0.15, 0.2) is 0 Å². The number of fused-ring (bicyclic) bond motifs is 1. The molecule has 3 aromatic rings. The van der Waals surface area contributed by atoms with Crippen LogP contribution in [0.2, 0.25) is 5.02 Å². The van der Waals surface area contributed by atoms with Crippen LogP contribution in [0.1, 0.15) is 17.2 Å². The molecule has 3 rings (SSSR count). The zero-order chi connectivity index (χ0) is 15.0. The fraction of sp³-hybridized carbons (Fsp3) is 0.0588. The van der Waals surface area contributed by atoms with E-state index < -0.39 is 0 Å². The summed E-state index contributed by atoms with van der Waals surface area (Å²) >= 11 is 9.42. The van der Waals surface area contributed by atoms with Gasteiger partial charge in [0.1, 0.15) is 5.82 Å². The molecular formula is C17H12BrClFN. The minimum atomic E-state index is -0.343. The smallest absolute Gasteiger partial charge is 0.137 e. The Morgan fingerprint density at radius 3 is 2.43 bits per heavy atom. The first-order chi connectivity index (χ1) is 10.1. The summed E-state index contributed by atoms with van der Waals surface area (Å²) < 4.78 is 13.8. The third-order valence-corrected chi connectivity index (χ3v) is 4.48. The van der Waals surface area contributed by atoms with Gasteiger partial charge >= 0.3 is 0 Å². The van der Waals surface area contributed by atoms with E-state index in [1.807, 2.05) is 36.4 Å². The number of nitrogens with two attached hydrogens (primary N) is 1. The van der Waals surface area contributed by atoms with Gasteiger partial charge in [-0.25, -0.2) is 4.39 Å². The summed E-state index contributed by atoms with van der Waals surface area (Å²) in [5.74, 6) is -0.299. The molecule has 4 heteroatoms. The molecule has 0 aliphatic rings. The maximum Gasteiger partial charge on any atom is 0.137 e. The van der Waals surface area contributed by atoms with E-state index in [1.54, 1.807) is 12.1 Å². The van der Waals surface area contributed by atoms with E-state index in [0.717, 1.165) is 21.9 Å². The Hall–Kier alpha value is -1.42. The fourth-order valence-corrected chi connectivity index (χ4v) is 3.07. The molecule has 21 heavy (non-hydrogen) atoms. The highest BCUT2D eigenvalue weighted by atomic mass is 79.9. The molecule has 0 amide bonds. The van der Waals surface area contributed by atoms with Crippen LogP contribution in [0, 0.1) is 5.82 Å². The van der Waals surface area contributed by atoms with Gasteiger partial charge in [-0.15, -0.1) is 0 Å². The zero-order valence-corrected chi connectivity index (χ0v) is 13.3. The summed E-state index contributed by atoms with van der Waals surface area (Å²) in [5.41, 5.74) is 8.17. The van der Waals surface area contributed by atoms with Crippen LogP contribution >= 0.6 is 27.5 Å². The van der Waals surface area contributed by atoms with Crippen LogP contribution in [0.15, 0.2) is 59.1 Å². The van der Waals surface area contributed by atoms with Crippen LogP contribution in [0.5, 0.6) is 0 Å². The molecule has 3 aromatic carbocycles. The van der Waals surface area contributed by atoms with Crippen LogP contribution < -0.4 is 5.73 Å². The molecule has 0 fully saturated rings. The van der Waals surface area contributed by atoms with Crippen molar-refractivity contribution in [3.8, 4) is 0 Å². The van der Waals surface area contributed by atoms with Crippen molar-refractivity contribution in [3.63, 3.8) is 0 Å². The number of hydrogen-bond donors (Lipinski definition) is 1. The zero-order valence-electron chi connectivity index (χ0n) is 11.0. The highest BCUT2D eigenvalue weighted by Gasteiger charge is 2.14. The maximum absolute atomic E-state index is 13.4. The van der Waals surface area contributed by atoms with Crippen molar-refractivity contribution in [1.29, 1.82) is 0 Å². The lowest BCUT2D eigenvalue weighted by Crippen LogP contribution is -2.12. The minimum absolute atomic E-state index is 0.299. The molecule has 0 bridgehead atoms. The lowest BCUT2D eigenvalue weighted by atomic mass is 9.94. The van der Waals surface area contributed by atoms with Crippen molar-refractivity contribution in [3.05, 3.63) is 81.0 Å². The van der Waals surface area contributed by atoms with Gasteiger partial charge in [0, 0.05) is 10.4 Å². The molecular weight excluding hydrogens is 353 g/mol. The largest absolute Gasteiger partial charge is 0.320 e. The quantitative estimate of drug-likeness (QED) is 0.643. The topological polar surface area (TPSA) is 26.0 Å². The lowest BCUT2D eigenvalue weighted by Gasteiger charge is -2.16. The molecule has 1 atom stereocenters. The molecule has 0 saturated heterocycles. The normalized spacial score (nSPS) is 12.6. The van der Waals surface area contributed by atoms with Crippen molar-refractivity contribution in [2.24, 2.45) is 5.73 Å². The number of benzene rings is 3. The van der Waals surface area contributed by atoms with Gasteiger partial charge < -0.3 is 5.73 Å². The van der Waals surface area contributed by atoms with Gasteiger partial charge in [-0.05, 0) is 50.6 Å². The number of rotatable bonds is 2. The molecule has 0 aliphatic carbocycles. The Labute approximate surface area is 135 Å². The molecule has 0 aliphatic heterocycles. The molecule has 0 aromatic heterocycles. The molecule has 106 valence electrons. The van der Waals surface area contributed by atoms with Crippen molar-refractivity contribution in [1.82, 2.24) is 0 Å². The first-order valence-electron chi connectivity index (χ1n) is 6.45. The lowest BCUT2D eigenvalue weighted by molar-refractivity contribution is 0.619. The Kier molecular flexibility index (Phi) is 3.98. The van der Waals surface area contributed by atoms with Crippen LogP contribution in [-0.4, -0.2) is 0 Å². The molecule has 1 unspecified atom stereocenters. The monoisotopic (exact) mass is 363 g/mol. The second-order valence-corrected chi connectivity index (χ2v) is 6.09. The van der Waals surface area contributed by atoms with E-state index >= 15 is 0 Å². The molecule has 0 radical (unpaired) electrons. The average molecular weight is 365 g/mol. The maximum atomic E-state index is 13.4. The highest BCUT2D eigenvalue weighted by molar-refractivity contribution is 9.10. The van der Waals surface area contributed by atoms with E-state index in [2.05, 4.69) is 15.9 Å². The standard InChI is InChI=1S/C17H12BrClFN/c18-14-9-10(5-8-16(14)20)17(21)13-6-7-15(19)12-4-2-1-3-11(12)13/h1-9,17H,21H2. The fourth-order valence-electron chi connectivity index (χ4n) is 2.44. The van der Waals surface area contributed by atoms with Gasteiger partial charge in [-0.3, -0.25) is 0 Å². The summed E-state index contributed by atoms with van der Waals surface area (Å²) in [5, 5.41) is 2.67. The van der Waals surface area contributed by atoms with Gasteiger partial charge in [-0.2, -0.15) is 0 Å². The predicted molar refractivity (Wildman–Crippen MR) is 89.1 cm³/mol. The van der Waals surface area contributed by atoms with E-state index in [9.17, 15) is 4.39 Å². The summed E-state index contributed by atoms with van der Waals surface area (Å²) in [6, 6.07) is 16.1. The van der Waals surface area contributed by atoms with Gasteiger partial charge in [-0.1, -0.05) is 48.0 Å². The Bertz CT molecular complexity index is 819. The Morgan fingerprint density at radius 1 is 1.00 bits per heavy atom. The van der Waals surface area contributed by atoms with Crippen molar-refractivity contribution in [2.75, 3.05) is 0 Å². The van der Waals surface area contributed by atoms with E-state index in [4.69, 9.17) is 17.3 Å². The third-order valence-electron chi connectivity index (χ3n) is 3.54. The molecule has 0 spiro atoms. The van der Waals surface area contributed by atoms with Gasteiger partial charge in [0.25, 0.3) is 0 Å². The van der Waals surface area contributed by atoms with Crippen molar-refractivity contribution >= 4 is 38.3 Å². The second kappa shape index (κ2) is 5.76. The van der Waals surface area contributed by atoms with Gasteiger partial charge in [0.2, 0.25) is 0 Å². The minimum Gasteiger partial charge on any atom is -0.320 e. The van der Waals surface area contributed by atoms with Crippen LogP contribution in [0.3, 0.4) is 0 Å². The third kappa shape index (κ3) is 2.69. The van der Waals surface area contributed by atoms with Crippen LogP contribution in [0.4, 0.5) is 4.39 Å². The molecule has 0 saturated carbocycles. The van der Waals surface area contributed by atoms with Gasteiger partial charge in [0.05, 0.1) is 10.5 Å². The SMILES string of the molecule is NC(c1ccc(F)c(Br)c1)c1ccc(Cl)c2ccccc12. The van der Waals surface area contributed by atoms with Crippen molar-refractivity contribution < 1.29 is 4.39 Å². The number of hydrogen-bond acceptors (Lipinski definition) is 1. The van der Waals surface area contributed by atoms with Crippen LogP contribution in [-0.2, 0) is 0 Å². The summed E-state index contributed by atoms with van der Waals surface area (Å²) in [4.78, 5) is 0. The Balaban J connectivity index is 2.15. The molecule has 0 heterocycles. The second-order valence-electron chi connectivity index (χ2n) is 4.83. The van der Waals surface area contributed by atoms with E-state index in [0.29, 0.717) is 9.50 Å². The average Bonchev–Trinajstić information content (AvgIpc) is 2.50. The summed E-state index contributed by atoms with van der Waals surface area (Å²) in [6.45, 7) is 0. The van der Waals surface area contributed by atoms with Crippen LogP contribution in [0.25, 0.3) is 10.8 Å².